The van der Waals surface area contributed by atoms with Gasteiger partial charge in [0.1, 0.15) is 22.3 Å². The second kappa shape index (κ2) is 7.93. The number of nitrogens with zero attached hydrogens (tertiary/aromatic N) is 2. The molecule has 0 unspecified atom stereocenters. The largest absolute Gasteiger partial charge is 0.456 e. The van der Waals surface area contributed by atoms with Crippen molar-refractivity contribution in [3.63, 3.8) is 0 Å². The molecule has 0 aliphatic rings. The fourth-order valence-electron chi connectivity index (χ4n) is 6.93. The molecule has 0 spiro atoms. The summed E-state index contributed by atoms with van der Waals surface area (Å²) in [4.78, 5) is 0. The minimum Gasteiger partial charge on any atom is -0.456 e. The van der Waals surface area contributed by atoms with Crippen LogP contribution in [0, 0.1) is 0 Å². The van der Waals surface area contributed by atoms with Crippen LogP contribution in [0.4, 0.5) is 0 Å². The van der Waals surface area contributed by atoms with E-state index < -0.39 is 0 Å². The zero-order chi connectivity index (χ0) is 27.4. The smallest absolute Gasteiger partial charge is 0.135 e. The zero-order valence-electron chi connectivity index (χ0n) is 22.4. The maximum Gasteiger partial charge on any atom is 0.135 e. The Morgan fingerprint density at radius 2 is 0.714 bits per heavy atom. The van der Waals surface area contributed by atoms with Crippen molar-refractivity contribution in [1.82, 2.24) is 9.13 Å². The molecule has 4 aromatic heterocycles. The number of fused-ring (bicyclic) bond motifs is 11. The molecular weight excluding hydrogens is 516 g/mol. The normalized spacial score (nSPS) is 12.3. The van der Waals surface area contributed by atoms with Crippen LogP contribution in [0.15, 0.2) is 142 Å². The maximum atomic E-state index is 6.17. The lowest BCUT2D eigenvalue weighted by atomic mass is 10.1. The molecule has 0 aliphatic heterocycles. The minimum atomic E-state index is 0.899. The third kappa shape index (κ3) is 2.80. The van der Waals surface area contributed by atoms with Gasteiger partial charge >= 0.3 is 0 Å². The SMILES string of the molecule is c1ccc2c(c1)oc1ccc(-n3c4ccccc4c4c3c3ccccc3n4-c3ccc4oc5ccccc5c4c3)cc12. The molecule has 0 aliphatic carbocycles. The van der Waals surface area contributed by atoms with Crippen LogP contribution in [0.2, 0.25) is 0 Å². The van der Waals surface area contributed by atoms with E-state index in [-0.39, 0.29) is 0 Å². The van der Waals surface area contributed by atoms with Crippen LogP contribution in [-0.2, 0) is 0 Å². The van der Waals surface area contributed by atoms with Gasteiger partial charge in [0.25, 0.3) is 0 Å². The highest BCUT2D eigenvalue weighted by Crippen LogP contribution is 2.42. The fourth-order valence-corrected chi connectivity index (χ4v) is 6.93. The highest BCUT2D eigenvalue weighted by molar-refractivity contribution is 6.20. The Balaban J connectivity index is 1.35. The van der Waals surface area contributed by atoms with E-state index in [1.165, 1.54) is 32.8 Å². The van der Waals surface area contributed by atoms with E-state index in [2.05, 4.69) is 118 Å². The Morgan fingerprint density at radius 1 is 0.333 bits per heavy atom. The van der Waals surface area contributed by atoms with Crippen molar-refractivity contribution in [3.05, 3.63) is 133 Å². The molecule has 42 heavy (non-hydrogen) atoms. The van der Waals surface area contributed by atoms with E-state index >= 15 is 0 Å². The van der Waals surface area contributed by atoms with Crippen molar-refractivity contribution in [3.8, 4) is 11.4 Å². The number of furan rings is 2. The predicted molar refractivity (Wildman–Crippen MR) is 172 cm³/mol. The number of aromatic nitrogens is 2. The summed E-state index contributed by atoms with van der Waals surface area (Å²) >= 11 is 0. The number of hydrogen-bond donors (Lipinski definition) is 0. The highest BCUT2D eigenvalue weighted by Gasteiger charge is 2.22. The molecule has 0 fully saturated rings. The van der Waals surface area contributed by atoms with E-state index in [0.29, 0.717) is 0 Å². The van der Waals surface area contributed by atoms with Gasteiger partial charge in [-0.1, -0.05) is 72.8 Å². The van der Waals surface area contributed by atoms with Gasteiger partial charge in [-0.25, -0.2) is 0 Å². The number of rotatable bonds is 2. The van der Waals surface area contributed by atoms with Crippen LogP contribution < -0.4 is 0 Å². The van der Waals surface area contributed by atoms with Crippen molar-refractivity contribution >= 4 is 76.7 Å². The van der Waals surface area contributed by atoms with Crippen molar-refractivity contribution in [2.75, 3.05) is 0 Å². The maximum absolute atomic E-state index is 6.17. The van der Waals surface area contributed by atoms with Crippen LogP contribution in [0.5, 0.6) is 0 Å². The Kier molecular flexibility index (Phi) is 4.15. The lowest BCUT2D eigenvalue weighted by Crippen LogP contribution is -1.93. The van der Waals surface area contributed by atoms with Crippen molar-refractivity contribution in [2.24, 2.45) is 0 Å². The molecule has 0 saturated heterocycles. The molecule has 4 heterocycles. The van der Waals surface area contributed by atoms with Crippen LogP contribution in [0.3, 0.4) is 0 Å². The van der Waals surface area contributed by atoms with Crippen LogP contribution in [-0.4, -0.2) is 9.13 Å². The Morgan fingerprint density at radius 3 is 1.19 bits per heavy atom. The number of benzene rings is 6. The van der Waals surface area contributed by atoms with Crippen LogP contribution in [0.1, 0.15) is 0 Å². The first-order valence-electron chi connectivity index (χ1n) is 14.2. The summed E-state index contributed by atoms with van der Waals surface area (Å²) in [6.45, 7) is 0. The predicted octanol–water partition coefficient (Wildman–Crippen LogP) is 10.5. The van der Waals surface area contributed by atoms with Gasteiger partial charge in [-0.2, -0.15) is 0 Å². The summed E-state index contributed by atoms with van der Waals surface area (Å²) in [6, 6.07) is 47.0. The third-order valence-corrected chi connectivity index (χ3v) is 8.71. The van der Waals surface area contributed by atoms with Gasteiger partial charge in [0, 0.05) is 43.7 Å². The van der Waals surface area contributed by atoms with E-state index in [4.69, 9.17) is 8.83 Å². The summed E-state index contributed by atoms with van der Waals surface area (Å²) in [6.07, 6.45) is 0. The van der Waals surface area contributed by atoms with Gasteiger partial charge < -0.3 is 18.0 Å². The average molecular weight is 539 g/mol. The number of para-hydroxylation sites is 4. The molecule has 10 aromatic rings. The summed E-state index contributed by atoms with van der Waals surface area (Å²) in [7, 11) is 0. The zero-order valence-corrected chi connectivity index (χ0v) is 22.4. The Bertz CT molecular complexity index is 2510. The summed E-state index contributed by atoms with van der Waals surface area (Å²) in [5.41, 5.74) is 10.6. The third-order valence-electron chi connectivity index (χ3n) is 8.71. The summed E-state index contributed by atoms with van der Waals surface area (Å²) in [5, 5.41) is 6.91. The second-order valence-corrected chi connectivity index (χ2v) is 11.0. The molecule has 0 bridgehead atoms. The molecule has 0 amide bonds. The van der Waals surface area contributed by atoms with E-state index in [0.717, 1.165) is 55.3 Å². The highest BCUT2D eigenvalue weighted by atomic mass is 16.3. The second-order valence-electron chi connectivity index (χ2n) is 11.0. The van der Waals surface area contributed by atoms with Crippen LogP contribution in [0.25, 0.3) is 88.1 Å². The van der Waals surface area contributed by atoms with E-state index in [1.54, 1.807) is 0 Å². The molecule has 0 atom stereocenters. The molecule has 10 rings (SSSR count). The average Bonchev–Trinajstić information content (AvgIpc) is 3.78. The van der Waals surface area contributed by atoms with E-state index in [1.807, 2.05) is 24.3 Å². The molecule has 0 radical (unpaired) electrons. The first kappa shape index (κ1) is 22.0. The molecule has 6 aromatic carbocycles. The monoisotopic (exact) mass is 538 g/mol. The molecule has 0 saturated carbocycles. The quantitative estimate of drug-likeness (QED) is 0.219. The Labute approximate surface area is 239 Å². The van der Waals surface area contributed by atoms with Gasteiger partial charge in [0.05, 0.1) is 22.1 Å². The standard InChI is InChI=1S/C38H22N2O2/c1-5-13-31-27(11-1)37-38(39(31)23-17-19-35-29(21-23)25-9-3-7-15-33(25)41-35)28-12-2-6-14-32(28)40(37)24-18-20-36-30(22-24)26-10-4-8-16-34(26)42-36/h1-22H. The lowest BCUT2D eigenvalue weighted by molar-refractivity contribution is 0.668. The topological polar surface area (TPSA) is 36.1 Å². The van der Waals surface area contributed by atoms with Gasteiger partial charge in [-0.15, -0.1) is 0 Å². The molecular formula is C38H22N2O2. The fraction of sp³-hybridized carbons (Fsp3) is 0. The van der Waals surface area contributed by atoms with E-state index in [9.17, 15) is 0 Å². The van der Waals surface area contributed by atoms with Gasteiger partial charge in [0.15, 0.2) is 0 Å². The Hall–Kier alpha value is -5.74. The summed E-state index contributed by atoms with van der Waals surface area (Å²) < 4.78 is 17.2. The van der Waals surface area contributed by atoms with Gasteiger partial charge in [-0.05, 0) is 60.7 Å². The first-order chi connectivity index (χ1) is 20.8. The first-order valence-corrected chi connectivity index (χ1v) is 14.2. The van der Waals surface area contributed by atoms with Crippen molar-refractivity contribution in [1.29, 1.82) is 0 Å². The molecule has 4 heteroatoms. The number of hydrogen-bond acceptors (Lipinski definition) is 2. The van der Waals surface area contributed by atoms with Crippen LogP contribution >= 0.6 is 0 Å². The van der Waals surface area contributed by atoms with Gasteiger partial charge in [-0.3, -0.25) is 0 Å². The molecule has 196 valence electrons. The summed E-state index contributed by atoms with van der Waals surface area (Å²) in [5.74, 6) is 0. The lowest BCUT2D eigenvalue weighted by Gasteiger charge is -2.09. The molecule has 0 N–H and O–H groups in total. The minimum absolute atomic E-state index is 0.899. The molecule has 4 nitrogen and oxygen atoms in total. The van der Waals surface area contributed by atoms with Crippen molar-refractivity contribution < 1.29 is 8.83 Å². The van der Waals surface area contributed by atoms with Crippen molar-refractivity contribution in [2.45, 2.75) is 0 Å². The van der Waals surface area contributed by atoms with Gasteiger partial charge in [0.2, 0.25) is 0 Å².